The van der Waals surface area contributed by atoms with E-state index in [1.165, 1.54) is 0 Å². The smallest absolute Gasteiger partial charge is 0.308 e. The fraction of sp³-hybridized carbons (Fsp3) is 0.667. The van der Waals surface area contributed by atoms with E-state index in [1.54, 1.807) is 18.6 Å². The predicted octanol–water partition coefficient (Wildman–Crippen LogP) is 2.69. The van der Waals surface area contributed by atoms with E-state index in [-0.39, 0.29) is 18.9 Å². The van der Waals surface area contributed by atoms with Crippen molar-refractivity contribution in [2.75, 3.05) is 0 Å². The van der Waals surface area contributed by atoms with Crippen LogP contribution in [0.4, 0.5) is 13.2 Å². The largest absolute Gasteiger partial charge is 0.391 e. The molecule has 0 aromatic carbocycles. The maximum atomic E-state index is 12.6. The molecule has 1 N–H and O–H groups in total. The van der Waals surface area contributed by atoms with Crippen molar-refractivity contribution in [3.05, 3.63) is 24.3 Å². The van der Waals surface area contributed by atoms with E-state index in [1.807, 2.05) is 0 Å². The Hall–Kier alpha value is -1.17. The minimum absolute atomic E-state index is 0.0765. The van der Waals surface area contributed by atoms with Gasteiger partial charge in [-0.25, -0.2) is 0 Å². The lowest BCUT2D eigenvalue weighted by molar-refractivity contribution is -0.183. The molecule has 1 aromatic heterocycles. The molecule has 1 aliphatic rings. The van der Waals surface area contributed by atoms with E-state index in [0.29, 0.717) is 13.0 Å². The highest BCUT2D eigenvalue weighted by Gasteiger charge is 2.41. The van der Waals surface area contributed by atoms with E-state index < -0.39 is 12.1 Å². The van der Waals surface area contributed by atoms with E-state index in [9.17, 15) is 13.2 Å². The first-order chi connectivity index (χ1) is 8.55. The van der Waals surface area contributed by atoms with Gasteiger partial charge >= 0.3 is 6.18 Å². The number of hydrogen-bond acceptors (Lipinski definition) is 3. The highest BCUT2D eigenvalue weighted by Crippen LogP contribution is 2.37. The molecule has 1 heterocycles. The van der Waals surface area contributed by atoms with Gasteiger partial charge in [-0.15, -0.1) is 0 Å². The third-order valence-corrected chi connectivity index (χ3v) is 3.33. The van der Waals surface area contributed by atoms with Crippen LogP contribution in [0.15, 0.2) is 18.6 Å². The van der Waals surface area contributed by atoms with Gasteiger partial charge in [-0.1, -0.05) is 6.42 Å². The topological polar surface area (TPSA) is 37.8 Å². The molecule has 0 spiro atoms. The van der Waals surface area contributed by atoms with Crippen LogP contribution in [0.5, 0.6) is 0 Å². The van der Waals surface area contributed by atoms with E-state index in [0.717, 1.165) is 12.1 Å². The van der Waals surface area contributed by atoms with Gasteiger partial charge in [-0.2, -0.15) is 13.2 Å². The zero-order valence-electron chi connectivity index (χ0n) is 9.95. The van der Waals surface area contributed by atoms with Gasteiger partial charge in [0.05, 0.1) is 11.6 Å². The number of hydrogen-bond donors (Lipinski definition) is 1. The lowest BCUT2D eigenvalue weighted by Gasteiger charge is -2.31. The highest BCUT2D eigenvalue weighted by atomic mass is 19.4. The number of halogens is 3. The molecule has 2 unspecified atom stereocenters. The van der Waals surface area contributed by atoms with Crippen LogP contribution in [-0.2, 0) is 6.54 Å². The summed E-state index contributed by atoms with van der Waals surface area (Å²) in [7, 11) is 0. The van der Waals surface area contributed by atoms with Crippen molar-refractivity contribution in [1.29, 1.82) is 0 Å². The second-order valence-electron chi connectivity index (χ2n) is 4.68. The molecule has 0 aliphatic heterocycles. The van der Waals surface area contributed by atoms with Crippen LogP contribution >= 0.6 is 0 Å². The van der Waals surface area contributed by atoms with Crippen molar-refractivity contribution in [2.24, 2.45) is 5.92 Å². The Balaban J connectivity index is 1.83. The summed E-state index contributed by atoms with van der Waals surface area (Å²) in [6, 6.07) is -0.0765. The standard InChI is InChI=1S/C12H16F3N3/c13-12(14,15)9-2-1-3-10(6-9)18-8-11-7-16-4-5-17-11/h4-5,7,9-10,18H,1-3,6,8H2. The lowest BCUT2D eigenvalue weighted by Crippen LogP contribution is -2.38. The van der Waals surface area contributed by atoms with Gasteiger partial charge in [0.15, 0.2) is 0 Å². The Morgan fingerprint density at radius 3 is 2.78 bits per heavy atom. The average Bonchev–Trinajstić information content (AvgIpc) is 2.37. The molecule has 2 atom stereocenters. The summed E-state index contributed by atoms with van der Waals surface area (Å²) in [5.41, 5.74) is 0.756. The number of alkyl halides is 3. The molecular weight excluding hydrogens is 243 g/mol. The molecule has 0 amide bonds. The molecule has 1 aromatic rings. The van der Waals surface area contributed by atoms with Crippen molar-refractivity contribution in [2.45, 2.75) is 44.4 Å². The number of rotatable bonds is 3. The molecule has 1 aliphatic carbocycles. The first-order valence-corrected chi connectivity index (χ1v) is 6.10. The summed E-state index contributed by atoms with van der Waals surface area (Å²) in [6.07, 6.45) is 2.57. The first kappa shape index (κ1) is 13.3. The van der Waals surface area contributed by atoms with E-state index in [2.05, 4.69) is 15.3 Å². The number of aromatic nitrogens is 2. The SMILES string of the molecule is FC(F)(F)C1CCCC(NCc2cnccn2)C1. The monoisotopic (exact) mass is 259 g/mol. The van der Waals surface area contributed by atoms with Gasteiger partial charge in [0.25, 0.3) is 0 Å². The molecular formula is C12H16F3N3. The van der Waals surface area contributed by atoms with E-state index in [4.69, 9.17) is 0 Å². The normalized spacial score (nSPS) is 25.1. The molecule has 100 valence electrons. The van der Waals surface area contributed by atoms with Crippen LogP contribution in [0.25, 0.3) is 0 Å². The second-order valence-corrected chi connectivity index (χ2v) is 4.68. The van der Waals surface area contributed by atoms with Crippen molar-refractivity contribution in [3.8, 4) is 0 Å². The van der Waals surface area contributed by atoms with Gasteiger partial charge < -0.3 is 5.32 Å². The lowest BCUT2D eigenvalue weighted by atomic mass is 9.85. The molecule has 18 heavy (non-hydrogen) atoms. The summed E-state index contributed by atoms with van der Waals surface area (Å²) >= 11 is 0. The molecule has 0 radical (unpaired) electrons. The maximum Gasteiger partial charge on any atom is 0.391 e. The Labute approximate surface area is 104 Å². The molecule has 0 saturated heterocycles. The molecule has 1 fully saturated rings. The molecule has 6 heteroatoms. The van der Waals surface area contributed by atoms with Gasteiger partial charge in [0, 0.05) is 31.2 Å². The summed E-state index contributed by atoms with van der Waals surface area (Å²) in [5, 5.41) is 3.14. The van der Waals surface area contributed by atoms with Crippen LogP contribution in [0.1, 0.15) is 31.4 Å². The van der Waals surface area contributed by atoms with Crippen LogP contribution in [0.3, 0.4) is 0 Å². The number of nitrogens with one attached hydrogen (secondary N) is 1. The highest BCUT2D eigenvalue weighted by molar-refractivity contribution is 4.94. The quantitative estimate of drug-likeness (QED) is 0.907. The fourth-order valence-corrected chi connectivity index (χ4v) is 2.34. The second kappa shape index (κ2) is 5.65. The summed E-state index contributed by atoms with van der Waals surface area (Å²) < 4.78 is 37.9. The minimum Gasteiger partial charge on any atom is -0.308 e. The predicted molar refractivity (Wildman–Crippen MR) is 60.7 cm³/mol. The van der Waals surface area contributed by atoms with Crippen molar-refractivity contribution in [1.82, 2.24) is 15.3 Å². The maximum absolute atomic E-state index is 12.6. The van der Waals surface area contributed by atoms with Gasteiger partial charge in [-0.05, 0) is 19.3 Å². The molecule has 0 bridgehead atoms. The van der Waals surface area contributed by atoms with E-state index >= 15 is 0 Å². The Bertz CT molecular complexity index is 367. The van der Waals surface area contributed by atoms with Gasteiger partial charge in [0.1, 0.15) is 0 Å². The van der Waals surface area contributed by atoms with Gasteiger partial charge in [-0.3, -0.25) is 9.97 Å². The summed E-state index contributed by atoms with van der Waals surface area (Å²) in [5.74, 6) is -1.16. The zero-order valence-corrected chi connectivity index (χ0v) is 9.95. The number of nitrogens with zero attached hydrogens (tertiary/aromatic N) is 2. The van der Waals surface area contributed by atoms with Crippen LogP contribution < -0.4 is 5.32 Å². The fourth-order valence-electron chi connectivity index (χ4n) is 2.34. The van der Waals surface area contributed by atoms with Crippen LogP contribution in [-0.4, -0.2) is 22.2 Å². The minimum atomic E-state index is -4.06. The van der Waals surface area contributed by atoms with Crippen molar-refractivity contribution in [3.63, 3.8) is 0 Å². The first-order valence-electron chi connectivity index (χ1n) is 6.10. The molecule has 3 nitrogen and oxygen atoms in total. The average molecular weight is 259 g/mol. The third-order valence-electron chi connectivity index (χ3n) is 3.33. The van der Waals surface area contributed by atoms with Crippen molar-refractivity contribution >= 4 is 0 Å². The van der Waals surface area contributed by atoms with Gasteiger partial charge in [0.2, 0.25) is 0 Å². The summed E-state index contributed by atoms with van der Waals surface area (Å²) in [4.78, 5) is 8.00. The Morgan fingerprint density at radius 2 is 2.11 bits per heavy atom. The van der Waals surface area contributed by atoms with Crippen molar-refractivity contribution < 1.29 is 13.2 Å². The zero-order chi connectivity index (χ0) is 13.0. The molecule has 2 rings (SSSR count). The molecule has 1 saturated carbocycles. The summed E-state index contributed by atoms with van der Waals surface area (Å²) in [6.45, 7) is 0.475. The van der Waals surface area contributed by atoms with Crippen LogP contribution in [0, 0.1) is 5.92 Å². The van der Waals surface area contributed by atoms with Crippen LogP contribution in [0.2, 0.25) is 0 Å². The third kappa shape index (κ3) is 3.66. The Morgan fingerprint density at radius 1 is 1.28 bits per heavy atom. The Kier molecular flexibility index (Phi) is 4.16.